The van der Waals surface area contributed by atoms with Gasteiger partial charge in [-0.3, -0.25) is 0 Å². The highest BCUT2D eigenvalue weighted by atomic mass is 16.5. The van der Waals surface area contributed by atoms with Crippen LogP contribution in [0.25, 0.3) is 0 Å². The summed E-state index contributed by atoms with van der Waals surface area (Å²) in [6, 6.07) is 0. The van der Waals surface area contributed by atoms with Crippen LogP contribution in [0.1, 0.15) is 5.82 Å². The molecule has 0 fully saturated rings. The lowest BCUT2D eigenvalue weighted by atomic mass is 10.3. The number of methoxy groups -OCH3 is 3. The van der Waals surface area contributed by atoms with E-state index in [0.29, 0.717) is 26.3 Å². The summed E-state index contributed by atoms with van der Waals surface area (Å²) in [4.78, 5) is 0. The molecule has 0 aromatic carbocycles. The van der Waals surface area contributed by atoms with Gasteiger partial charge in [0, 0.05) is 27.9 Å². The van der Waals surface area contributed by atoms with E-state index in [1.807, 2.05) is 0 Å². The molecule has 104 valence electrons. The summed E-state index contributed by atoms with van der Waals surface area (Å²) in [6.45, 7) is 3.09. The maximum Gasteiger partial charge on any atom is 0.165 e. The Bertz CT molecular complexity index is 320. The van der Waals surface area contributed by atoms with Crippen LogP contribution in [0.4, 0.5) is 0 Å². The van der Waals surface area contributed by atoms with Gasteiger partial charge in [-0.2, -0.15) is 0 Å². The molecule has 0 aliphatic rings. The average molecular weight is 259 g/mol. The summed E-state index contributed by atoms with van der Waals surface area (Å²) >= 11 is 0. The Morgan fingerprint density at radius 1 is 1.28 bits per heavy atom. The van der Waals surface area contributed by atoms with Gasteiger partial charge in [-0.15, -0.1) is 5.10 Å². The van der Waals surface area contributed by atoms with Crippen molar-refractivity contribution in [1.82, 2.24) is 25.5 Å². The van der Waals surface area contributed by atoms with E-state index in [9.17, 15) is 0 Å². The first-order valence-corrected chi connectivity index (χ1v) is 5.78. The first kappa shape index (κ1) is 15.0. The molecular weight excluding hydrogens is 238 g/mol. The molecule has 0 radical (unpaired) electrons. The summed E-state index contributed by atoms with van der Waals surface area (Å²) in [5.74, 6) is 0.768. The van der Waals surface area contributed by atoms with E-state index in [2.05, 4.69) is 20.8 Å². The van der Waals surface area contributed by atoms with E-state index in [1.54, 1.807) is 26.0 Å². The van der Waals surface area contributed by atoms with Gasteiger partial charge < -0.3 is 19.5 Å². The predicted octanol–water partition coefficient (Wildman–Crippen LogP) is -0.929. The molecule has 1 aromatic heterocycles. The van der Waals surface area contributed by atoms with Crippen LogP contribution in [0, 0.1) is 0 Å². The Hall–Kier alpha value is -1.09. The van der Waals surface area contributed by atoms with Gasteiger partial charge in [0.25, 0.3) is 0 Å². The zero-order chi connectivity index (χ0) is 13.2. The minimum Gasteiger partial charge on any atom is -0.383 e. The fraction of sp³-hybridized carbons (Fsp3) is 0.900. The molecule has 1 atom stereocenters. The number of aromatic nitrogens is 4. The average Bonchev–Trinajstić information content (AvgIpc) is 2.81. The number of nitrogens with zero attached hydrogens (tertiary/aromatic N) is 4. The Labute approximate surface area is 107 Å². The summed E-state index contributed by atoms with van der Waals surface area (Å²) in [6.07, 6.45) is -0.0591. The van der Waals surface area contributed by atoms with Gasteiger partial charge in [0.1, 0.15) is 6.10 Å². The van der Waals surface area contributed by atoms with Gasteiger partial charge in [-0.1, -0.05) is 0 Å². The molecule has 0 aliphatic heterocycles. The molecule has 0 spiro atoms. The van der Waals surface area contributed by atoms with Crippen LogP contribution in [0.15, 0.2) is 0 Å². The van der Waals surface area contributed by atoms with Gasteiger partial charge in [-0.25, -0.2) is 4.68 Å². The summed E-state index contributed by atoms with van der Waals surface area (Å²) in [5, 5.41) is 14.8. The van der Waals surface area contributed by atoms with Crippen molar-refractivity contribution >= 4 is 0 Å². The summed E-state index contributed by atoms with van der Waals surface area (Å²) in [7, 11) is 4.95. The third-order valence-corrected chi connectivity index (χ3v) is 2.43. The van der Waals surface area contributed by atoms with Crippen LogP contribution in [-0.2, 0) is 27.3 Å². The molecule has 0 bridgehead atoms. The molecule has 1 rings (SSSR count). The minimum atomic E-state index is -0.0591. The van der Waals surface area contributed by atoms with Crippen molar-refractivity contribution in [2.24, 2.45) is 0 Å². The van der Waals surface area contributed by atoms with Gasteiger partial charge >= 0.3 is 0 Å². The minimum absolute atomic E-state index is 0.0591. The predicted molar refractivity (Wildman–Crippen MR) is 64.1 cm³/mol. The molecule has 8 nitrogen and oxygen atoms in total. The molecule has 0 saturated heterocycles. The van der Waals surface area contributed by atoms with Gasteiger partial charge in [0.15, 0.2) is 5.82 Å². The normalized spacial score (nSPS) is 12.8. The Morgan fingerprint density at radius 3 is 2.78 bits per heavy atom. The van der Waals surface area contributed by atoms with E-state index in [-0.39, 0.29) is 6.10 Å². The largest absolute Gasteiger partial charge is 0.383 e. The molecule has 0 amide bonds. The van der Waals surface area contributed by atoms with Crippen molar-refractivity contribution in [2.45, 2.75) is 19.2 Å². The first-order valence-electron chi connectivity index (χ1n) is 5.78. The topological polar surface area (TPSA) is 83.3 Å². The van der Waals surface area contributed by atoms with Crippen molar-refractivity contribution in [3.8, 4) is 0 Å². The van der Waals surface area contributed by atoms with Crippen molar-refractivity contribution in [3.63, 3.8) is 0 Å². The molecule has 18 heavy (non-hydrogen) atoms. The Balaban J connectivity index is 2.43. The van der Waals surface area contributed by atoms with Gasteiger partial charge in [-0.05, 0) is 10.4 Å². The maximum atomic E-state index is 5.28. The molecular formula is C10H21N5O3. The zero-order valence-corrected chi connectivity index (χ0v) is 11.1. The van der Waals surface area contributed by atoms with E-state index in [0.717, 1.165) is 12.4 Å². The lowest BCUT2D eigenvalue weighted by molar-refractivity contribution is 0.0155. The lowest BCUT2D eigenvalue weighted by Gasteiger charge is -2.14. The van der Waals surface area contributed by atoms with Crippen LogP contribution >= 0.6 is 0 Å². The van der Waals surface area contributed by atoms with Crippen LogP contribution < -0.4 is 5.32 Å². The van der Waals surface area contributed by atoms with E-state index < -0.39 is 0 Å². The van der Waals surface area contributed by atoms with Crippen LogP contribution in [0.3, 0.4) is 0 Å². The standard InChI is InChI=1S/C10H21N5O3/c1-16-5-4-11-6-10-12-13-14-15(10)7-9(18-3)8-17-2/h9,11H,4-8H2,1-3H3. The van der Waals surface area contributed by atoms with Crippen LogP contribution in [0.5, 0.6) is 0 Å². The quantitative estimate of drug-likeness (QED) is 0.543. The van der Waals surface area contributed by atoms with Crippen LogP contribution in [0.2, 0.25) is 0 Å². The van der Waals surface area contributed by atoms with Gasteiger partial charge in [0.2, 0.25) is 0 Å². The van der Waals surface area contributed by atoms with Gasteiger partial charge in [0.05, 0.1) is 26.3 Å². The first-order chi connectivity index (χ1) is 8.81. The van der Waals surface area contributed by atoms with Crippen molar-refractivity contribution in [1.29, 1.82) is 0 Å². The van der Waals surface area contributed by atoms with Crippen LogP contribution in [-0.4, -0.2) is 67.4 Å². The smallest absolute Gasteiger partial charge is 0.165 e. The number of hydrogen-bond acceptors (Lipinski definition) is 7. The Morgan fingerprint density at radius 2 is 2.11 bits per heavy atom. The highest BCUT2D eigenvalue weighted by Crippen LogP contribution is 1.99. The second kappa shape index (κ2) is 8.92. The molecule has 0 aliphatic carbocycles. The lowest BCUT2D eigenvalue weighted by Crippen LogP contribution is -2.27. The monoisotopic (exact) mass is 259 g/mol. The number of rotatable bonds is 10. The molecule has 1 unspecified atom stereocenters. The summed E-state index contributed by atoms with van der Waals surface area (Å²) < 4.78 is 17.0. The SMILES string of the molecule is COCCNCc1nnnn1CC(COC)OC. The number of nitrogens with one attached hydrogen (secondary N) is 1. The molecule has 1 N–H and O–H groups in total. The third kappa shape index (κ3) is 5.05. The molecule has 8 heteroatoms. The maximum absolute atomic E-state index is 5.28. The second-order valence-corrected chi connectivity index (χ2v) is 3.76. The van der Waals surface area contributed by atoms with E-state index in [1.165, 1.54) is 0 Å². The number of ether oxygens (including phenoxy) is 3. The van der Waals surface area contributed by atoms with Crippen molar-refractivity contribution in [3.05, 3.63) is 5.82 Å². The number of hydrogen-bond donors (Lipinski definition) is 1. The number of tetrazole rings is 1. The fourth-order valence-electron chi connectivity index (χ4n) is 1.44. The van der Waals surface area contributed by atoms with Crippen molar-refractivity contribution < 1.29 is 14.2 Å². The zero-order valence-electron chi connectivity index (χ0n) is 11.1. The molecule has 0 saturated carbocycles. The van der Waals surface area contributed by atoms with E-state index in [4.69, 9.17) is 14.2 Å². The Kier molecular flexibility index (Phi) is 7.42. The molecule has 1 aromatic rings. The molecule has 1 heterocycles. The summed E-state index contributed by atoms with van der Waals surface area (Å²) in [5.41, 5.74) is 0. The van der Waals surface area contributed by atoms with E-state index >= 15 is 0 Å². The third-order valence-electron chi connectivity index (χ3n) is 2.43. The highest BCUT2D eigenvalue weighted by Gasteiger charge is 2.12. The highest BCUT2D eigenvalue weighted by molar-refractivity contribution is 4.80. The second-order valence-electron chi connectivity index (χ2n) is 3.76. The fourth-order valence-corrected chi connectivity index (χ4v) is 1.44. The van der Waals surface area contributed by atoms with Crippen molar-refractivity contribution in [2.75, 3.05) is 41.1 Å².